The summed E-state index contributed by atoms with van der Waals surface area (Å²) in [5.41, 5.74) is 0.913. The summed E-state index contributed by atoms with van der Waals surface area (Å²) in [6.07, 6.45) is 1.94. The fourth-order valence-corrected chi connectivity index (χ4v) is 5.07. The number of carbonyl (C=O) groups is 2. The van der Waals surface area contributed by atoms with E-state index in [2.05, 4.69) is 5.32 Å². The minimum Gasteiger partial charge on any atom is -0.345 e. The number of rotatable bonds is 5. The van der Waals surface area contributed by atoms with Crippen molar-refractivity contribution in [1.82, 2.24) is 9.21 Å². The molecular formula is C21H25N3O4S. The monoisotopic (exact) mass is 415 g/mol. The van der Waals surface area contributed by atoms with Gasteiger partial charge in [-0.05, 0) is 43.2 Å². The van der Waals surface area contributed by atoms with Gasteiger partial charge in [0, 0.05) is 31.9 Å². The maximum absolute atomic E-state index is 13.1. The fourth-order valence-electron chi connectivity index (χ4n) is 3.40. The zero-order valence-electron chi connectivity index (χ0n) is 16.5. The van der Waals surface area contributed by atoms with Crippen LogP contribution in [0.5, 0.6) is 0 Å². The van der Waals surface area contributed by atoms with Gasteiger partial charge in [-0.1, -0.05) is 30.7 Å². The molecule has 2 amide bonds. The second-order valence-corrected chi connectivity index (χ2v) is 9.10. The van der Waals surface area contributed by atoms with Crippen LogP contribution in [-0.2, 0) is 14.8 Å². The van der Waals surface area contributed by atoms with Crippen LogP contribution in [0, 0.1) is 0 Å². The number of benzene rings is 2. The van der Waals surface area contributed by atoms with E-state index in [4.69, 9.17) is 0 Å². The minimum atomic E-state index is -3.77. The van der Waals surface area contributed by atoms with Crippen molar-refractivity contribution in [1.29, 1.82) is 0 Å². The lowest BCUT2D eigenvalue weighted by atomic mass is 10.0. The highest BCUT2D eigenvalue weighted by atomic mass is 32.2. The van der Waals surface area contributed by atoms with Crippen molar-refractivity contribution in [3.05, 3.63) is 60.2 Å². The minimum absolute atomic E-state index is 0.174. The predicted octanol–water partition coefficient (Wildman–Crippen LogP) is 2.57. The number of nitrogens with zero attached hydrogens (tertiary/aromatic N) is 2. The second-order valence-electron chi connectivity index (χ2n) is 7.21. The van der Waals surface area contributed by atoms with Gasteiger partial charge in [-0.3, -0.25) is 9.59 Å². The number of amides is 2. The summed E-state index contributed by atoms with van der Waals surface area (Å²) in [7, 11) is -0.460. The van der Waals surface area contributed by atoms with E-state index >= 15 is 0 Å². The summed E-state index contributed by atoms with van der Waals surface area (Å²) in [5, 5.41) is 2.78. The molecule has 3 rings (SSSR count). The maximum atomic E-state index is 13.1. The molecule has 1 aliphatic rings. The van der Waals surface area contributed by atoms with E-state index in [1.54, 1.807) is 56.6 Å². The van der Waals surface area contributed by atoms with E-state index in [0.29, 0.717) is 30.6 Å². The van der Waals surface area contributed by atoms with Crippen LogP contribution < -0.4 is 5.32 Å². The third kappa shape index (κ3) is 4.65. The van der Waals surface area contributed by atoms with Crippen LogP contribution in [0.15, 0.2) is 59.5 Å². The molecule has 0 bridgehead atoms. The molecule has 1 heterocycles. The summed E-state index contributed by atoms with van der Waals surface area (Å²) < 4.78 is 27.4. The largest absolute Gasteiger partial charge is 0.345 e. The number of anilines is 1. The Bertz CT molecular complexity index is 990. The highest BCUT2D eigenvalue weighted by Crippen LogP contribution is 2.26. The van der Waals surface area contributed by atoms with Gasteiger partial charge in [-0.15, -0.1) is 0 Å². The average Bonchev–Trinajstić information content (AvgIpc) is 2.74. The molecule has 1 atom stereocenters. The van der Waals surface area contributed by atoms with Gasteiger partial charge < -0.3 is 10.2 Å². The molecule has 0 radical (unpaired) electrons. The smallest absolute Gasteiger partial charge is 0.253 e. The van der Waals surface area contributed by atoms with Gasteiger partial charge in [0.25, 0.3) is 5.91 Å². The van der Waals surface area contributed by atoms with Crippen molar-refractivity contribution >= 4 is 27.5 Å². The number of carbonyl (C=O) groups excluding carboxylic acids is 2. The van der Waals surface area contributed by atoms with Crippen LogP contribution >= 0.6 is 0 Å². The van der Waals surface area contributed by atoms with Crippen LogP contribution in [0.3, 0.4) is 0 Å². The van der Waals surface area contributed by atoms with E-state index in [0.717, 1.165) is 6.42 Å². The lowest BCUT2D eigenvalue weighted by Gasteiger charge is -2.33. The molecule has 154 valence electrons. The second kappa shape index (κ2) is 8.75. The summed E-state index contributed by atoms with van der Waals surface area (Å²) in [5.74, 6) is -0.564. The van der Waals surface area contributed by atoms with Crippen LogP contribution in [0.4, 0.5) is 5.69 Å². The number of hydrogen-bond acceptors (Lipinski definition) is 4. The Balaban J connectivity index is 1.82. The normalized spacial score (nSPS) is 17.5. The van der Waals surface area contributed by atoms with Crippen LogP contribution in [0.2, 0.25) is 0 Å². The standard InChI is InChI=1S/C21H25N3O4S/c1-23(2)21(26)16-9-8-10-17(15-16)22-20(25)19-13-6-7-14-24(19)29(27,28)18-11-4-3-5-12-18/h3-5,8-12,15,19H,6-7,13-14H2,1-2H3,(H,22,25)/t19-/m0/s1. The molecule has 0 aromatic heterocycles. The molecule has 7 nitrogen and oxygen atoms in total. The van der Waals surface area contributed by atoms with Crippen LogP contribution in [0.1, 0.15) is 29.6 Å². The van der Waals surface area contributed by atoms with Gasteiger partial charge in [0.05, 0.1) is 4.90 Å². The molecule has 1 fully saturated rings. The highest BCUT2D eigenvalue weighted by Gasteiger charge is 2.37. The summed E-state index contributed by atoms with van der Waals surface area (Å²) in [6, 6.07) is 14.0. The van der Waals surface area contributed by atoms with Gasteiger partial charge in [-0.2, -0.15) is 4.31 Å². The van der Waals surface area contributed by atoms with Crippen molar-refractivity contribution < 1.29 is 18.0 Å². The van der Waals surface area contributed by atoms with E-state index < -0.39 is 22.0 Å². The first kappa shape index (κ1) is 21.0. The lowest BCUT2D eigenvalue weighted by Crippen LogP contribution is -2.49. The van der Waals surface area contributed by atoms with Crippen molar-refractivity contribution in [2.75, 3.05) is 26.0 Å². The molecule has 1 N–H and O–H groups in total. The zero-order valence-corrected chi connectivity index (χ0v) is 17.4. The van der Waals surface area contributed by atoms with Crippen molar-refractivity contribution in [2.24, 2.45) is 0 Å². The van der Waals surface area contributed by atoms with Gasteiger partial charge in [0.2, 0.25) is 15.9 Å². The molecule has 2 aromatic carbocycles. The number of piperidine rings is 1. The Hall–Kier alpha value is -2.71. The number of sulfonamides is 1. The molecule has 0 saturated carbocycles. The topological polar surface area (TPSA) is 86.8 Å². The first-order valence-electron chi connectivity index (χ1n) is 9.50. The Morgan fingerprint density at radius 2 is 1.76 bits per heavy atom. The molecule has 0 unspecified atom stereocenters. The predicted molar refractivity (Wildman–Crippen MR) is 111 cm³/mol. The van der Waals surface area contributed by atoms with Crippen molar-refractivity contribution in [3.8, 4) is 0 Å². The summed E-state index contributed by atoms with van der Waals surface area (Å²) in [6.45, 7) is 0.300. The Morgan fingerprint density at radius 1 is 1.03 bits per heavy atom. The Kier molecular flexibility index (Phi) is 6.34. The molecule has 2 aromatic rings. The Morgan fingerprint density at radius 3 is 2.45 bits per heavy atom. The van der Waals surface area contributed by atoms with Gasteiger partial charge >= 0.3 is 0 Å². The van der Waals surface area contributed by atoms with E-state index in [1.807, 2.05) is 0 Å². The first-order chi connectivity index (χ1) is 13.8. The highest BCUT2D eigenvalue weighted by molar-refractivity contribution is 7.89. The van der Waals surface area contributed by atoms with E-state index in [9.17, 15) is 18.0 Å². The fraction of sp³-hybridized carbons (Fsp3) is 0.333. The molecule has 1 saturated heterocycles. The maximum Gasteiger partial charge on any atom is 0.253 e. The number of nitrogens with one attached hydrogen (secondary N) is 1. The molecule has 0 spiro atoms. The molecule has 8 heteroatoms. The molecule has 0 aliphatic carbocycles. The zero-order chi connectivity index (χ0) is 21.0. The molecule has 29 heavy (non-hydrogen) atoms. The molecule has 1 aliphatic heterocycles. The summed E-state index contributed by atoms with van der Waals surface area (Å²) >= 11 is 0. The van der Waals surface area contributed by atoms with Crippen LogP contribution in [0.25, 0.3) is 0 Å². The van der Waals surface area contributed by atoms with E-state index in [1.165, 1.54) is 21.3 Å². The van der Waals surface area contributed by atoms with Gasteiger partial charge in [0.1, 0.15) is 6.04 Å². The van der Waals surface area contributed by atoms with E-state index in [-0.39, 0.29) is 10.8 Å². The quantitative estimate of drug-likeness (QED) is 0.813. The SMILES string of the molecule is CN(C)C(=O)c1cccc(NC(=O)[C@@H]2CCCCN2S(=O)(=O)c2ccccc2)c1. The van der Waals surface area contributed by atoms with Crippen LogP contribution in [-0.4, -0.2) is 56.1 Å². The Labute approximate surface area is 171 Å². The average molecular weight is 416 g/mol. The first-order valence-corrected chi connectivity index (χ1v) is 10.9. The lowest BCUT2D eigenvalue weighted by molar-refractivity contribution is -0.120. The van der Waals surface area contributed by atoms with Crippen molar-refractivity contribution in [2.45, 2.75) is 30.2 Å². The third-order valence-electron chi connectivity index (χ3n) is 4.89. The molecular weight excluding hydrogens is 390 g/mol. The number of hydrogen-bond donors (Lipinski definition) is 1. The third-order valence-corrected chi connectivity index (χ3v) is 6.81. The van der Waals surface area contributed by atoms with Crippen molar-refractivity contribution in [3.63, 3.8) is 0 Å². The van der Waals surface area contributed by atoms with Gasteiger partial charge in [0.15, 0.2) is 0 Å². The summed E-state index contributed by atoms with van der Waals surface area (Å²) in [4.78, 5) is 26.7. The van der Waals surface area contributed by atoms with Gasteiger partial charge in [-0.25, -0.2) is 8.42 Å².